The number of rotatable bonds is 8. The molecule has 9 nitrogen and oxygen atoms in total. The van der Waals surface area contributed by atoms with E-state index < -0.39 is 23.4 Å². The van der Waals surface area contributed by atoms with Gasteiger partial charge < -0.3 is 19.5 Å². The zero-order valence-electron chi connectivity index (χ0n) is 16.6. The Kier molecular flexibility index (Phi) is 7.13. The third-order valence-corrected chi connectivity index (χ3v) is 3.98. The minimum absolute atomic E-state index is 0.0287. The second kappa shape index (κ2) is 9.54. The molecule has 0 heterocycles. The first-order valence-electron chi connectivity index (χ1n) is 8.69. The normalized spacial score (nSPS) is 10.2. The second-order valence-electron chi connectivity index (χ2n) is 6.37. The lowest BCUT2D eigenvalue weighted by Gasteiger charge is -2.13. The molecule has 0 saturated carbocycles. The molecule has 0 aliphatic heterocycles. The summed E-state index contributed by atoms with van der Waals surface area (Å²) in [4.78, 5) is 34.3. The van der Waals surface area contributed by atoms with E-state index in [4.69, 9.17) is 14.2 Å². The zero-order valence-corrected chi connectivity index (χ0v) is 16.6. The number of carbonyl (C=O) groups excluding carboxylic acids is 2. The molecule has 0 unspecified atom stereocenters. The number of nitro groups is 1. The number of hydrogen-bond donors (Lipinski definition) is 1. The molecule has 1 N–H and O–H groups in total. The lowest BCUT2D eigenvalue weighted by Crippen LogP contribution is -2.24. The molecule has 0 fully saturated rings. The third-order valence-electron chi connectivity index (χ3n) is 3.98. The maximum atomic E-state index is 12.0. The van der Waals surface area contributed by atoms with E-state index >= 15 is 0 Å². The van der Waals surface area contributed by atoms with Gasteiger partial charge in [-0.05, 0) is 44.0 Å². The molecule has 9 heteroatoms. The van der Waals surface area contributed by atoms with Crippen LogP contribution in [0.25, 0.3) is 0 Å². The Hall–Kier alpha value is -3.62. The highest BCUT2D eigenvalue weighted by molar-refractivity contribution is 5.95. The standard InChI is InChI=1S/C20H22N2O7/c1-12-7-13(2)20(14(3)8-12)29-11-19(24)28-10-18(23)21-16-6-5-15(27-4)9-17(16)22(25)26/h5-9H,10-11H2,1-4H3,(H,21,23). The number of anilines is 1. The molecule has 0 spiro atoms. The van der Waals surface area contributed by atoms with Crippen molar-refractivity contribution in [3.63, 3.8) is 0 Å². The van der Waals surface area contributed by atoms with Gasteiger partial charge in [-0.25, -0.2) is 4.79 Å². The number of nitrogens with one attached hydrogen (secondary N) is 1. The lowest BCUT2D eigenvalue weighted by molar-refractivity contribution is -0.384. The molecule has 1 amide bonds. The van der Waals surface area contributed by atoms with Crippen molar-refractivity contribution in [3.05, 3.63) is 57.1 Å². The van der Waals surface area contributed by atoms with Gasteiger partial charge in [0.1, 0.15) is 17.2 Å². The van der Waals surface area contributed by atoms with E-state index in [0.717, 1.165) is 16.7 Å². The summed E-state index contributed by atoms with van der Waals surface area (Å²) in [5.41, 5.74) is 2.50. The van der Waals surface area contributed by atoms with E-state index in [1.165, 1.54) is 25.3 Å². The summed E-state index contributed by atoms with van der Waals surface area (Å²) < 4.78 is 15.3. The number of nitrogens with zero attached hydrogens (tertiary/aromatic N) is 1. The summed E-state index contributed by atoms with van der Waals surface area (Å²) in [6.07, 6.45) is 0. The summed E-state index contributed by atoms with van der Waals surface area (Å²) in [6, 6.07) is 7.85. The van der Waals surface area contributed by atoms with Gasteiger partial charge in [0.15, 0.2) is 13.2 Å². The zero-order chi connectivity index (χ0) is 21.6. The van der Waals surface area contributed by atoms with Crippen molar-refractivity contribution in [2.24, 2.45) is 0 Å². The minimum atomic E-state index is -0.733. The number of nitro benzene ring substituents is 1. The highest BCUT2D eigenvalue weighted by Crippen LogP contribution is 2.29. The molecule has 2 aromatic carbocycles. The first-order valence-corrected chi connectivity index (χ1v) is 8.69. The molecule has 0 bridgehead atoms. The number of esters is 1. The topological polar surface area (TPSA) is 117 Å². The number of ether oxygens (including phenoxy) is 3. The Bertz CT molecular complexity index is 917. The van der Waals surface area contributed by atoms with Crippen molar-refractivity contribution in [1.29, 1.82) is 0 Å². The van der Waals surface area contributed by atoms with Gasteiger partial charge in [-0.15, -0.1) is 0 Å². The molecule has 0 aromatic heterocycles. The molecule has 154 valence electrons. The van der Waals surface area contributed by atoms with Gasteiger partial charge in [-0.2, -0.15) is 0 Å². The predicted octanol–water partition coefficient (Wildman–Crippen LogP) is 3.09. The highest BCUT2D eigenvalue weighted by atomic mass is 16.6. The third kappa shape index (κ3) is 5.93. The number of amides is 1. The van der Waals surface area contributed by atoms with Crippen LogP contribution in [0.1, 0.15) is 16.7 Å². The average molecular weight is 402 g/mol. The fourth-order valence-electron chi connectivity index (χ4n) is 2.79. The molecule has 0 saturated heterocycles. The van der Waals surface area contributed by atoms with E-state index in [2.05, 4.69) is 5.32 Å². The predicted molar refractivity (Wildman–Crippen MR) is 105 cm³/mol. The molecule has 2 aromatic rings. The van der Waals surface area contributed by atoms with Crippen molar-refractivity contribution in [2.45, 2.75) is 20.8 Å². The van der Waals surface area contributed by atoms with Gasteiger partial charge >= 0.3 is 5.97 Å². The average Bonchev–Trinajstić information content (AvgIpc) is 2.65. The molecule has 0 radical (unpaired) electrons. The molecule has 29 heavy (non-hydrogen) atoms. The first kappa shape index (κ1) is 21.7. The Morgan fingerprint density at radius 3 is 2.31 bits per heavy atom. The van der Waals surface area contributed by atoms with Gasteiger partial charge in [-0.3, -0.25) is 14.9 Å². The van der Waals surface area contributed by atoms with E-state index in [1.54, 1.807) is 0 Å². The Labute approximate surface area is 167 Å². The van der Waals surface area contributed by atoms with Gasteiger partial charge in [0, 0.05) is 0 Å². The number of hydrogen-bond acceptors (Lipinski definition) is 7. The number of methoxy groups -OCH3 is 1. The van der Waals surface area contributed by atoms with Crippen LogP contribution in [0.15, 0.2) is 30.3 Å². The fraction of sp³-hybridized carbons (Fsp3) is 0.300. The van der Waals surface area contributed by atoms with Crippen LogP contribution in [0.5, 0.6) is 11.5 Å². The SMILES string of the molecule is COc1ccc(NC(=O)COC(=O)COc2c(C)cc(C)cc2C)c([N+](=O)[O-])c1. The smallest absolute Gasteiger partial charge is 0.344 e. The van der Waals surface area contributed by atoms with Crippen molar-refractivity contribution in [2.75, 3.05) is 25.6 Å². The monoisotopic (exact) mass is 402 g/mol. The first-order chi connectivity index (χ1) is 13.7. The van der Waals surface area contributed by atoms with E-state index in [1.807, 2.05) is 32.9 Å². The molecular weight excluding hydrogens is 380 g/mol. The summed E-state index contributed by atoms with van der Waals surface area (Å²) in [5.74, 6) is -0.580. The van der Waals surface area contributed by atoms with E-state index in [0.29, 0.717) is 5.75 Å². The number of carbonyl (C=O) groups is 2. The van der Waals surface area contributed by atoms with Crippen LogP contribution in [0.3, 0.4) is 0 Å². The molecule has 0 aliphatic carbocycles. The minimum Gasteiger partial charge on any atom is -0.496 e. The summed E-state index contributed by atoms with van der Waals surface area (Å²) >= 11 is 0. The van der Waals surface area contributed by atoms with Crippen LogP contribution < -0.4 is 14.8 Å². The largest absolute Gasteiger partial charge is 0.496 e. The van der Waals surface area contributed by atoms with E-state index in [9.17, 15) is 19.7 Å². The lowest BCUT2D eigenvalue weighted by atomic mass is 10.1. The van der Waals surface area contributed by atoms with Gasteiger partial charge in [0.25, 0.3) is 11.6 Å². The van der Waals surface area contributed by atoms with Crippen molar-refractivity contribution < 1.29 is 28.7 Å². The van der Waals surface area contributed by atoms with E-state index in [-0.39, 0.29) is 23.7 Å². The van der Waals surface area contributed by atoms with Gasteiger partial charge in [0.2, 0.25) is 0 Å². The number of benzene rings is 2. The Morgan fingerprint density at radius 2 is 1.72 bits per heavy atom. The van der Waals surface area contributed by atoms with Crippen LogP contribution in [0.4, 0.5) is 11.4 Å². The summed E-state index contributed by atoms with van der Waals surface area (Å²) in [6.45, 7) is 4.74. The van der Waals surface area contributed by atoms with Crippen LogP contribution in [0, 0.1) is 30.9 Å². The Balaban J connectivity index is 1.90. The van der Waals surface area contributed by atoms with Crippen LogP contribution >= 0.6 is 0 Å². The number of aryl methyl sites for hydroxylation is 3. The molecule has 0 atom stereocenters. The quantitative estimate of drug-likeness (QED) is 0.410. The second-order valence-corrected chi connectivity index (χ2v) is 6.37. The Morgan fingerprint density at radius 1 is 1.07 bits per heavy atom. The highest BCUT2D eigenvalue weighted by Gasteiger charge is 2.18. The van der Waals surface area contributed by atoms with Crippen molar-refractivity contribution >= 4 is 23.3 Å². The summed E-state index contributed by atoms with van der Waals surface area (Å²) in [7, 11) is 1.37. The van der Waals surface area contributed by atoms with Crippen molar-refractivity contribution in [3.8, 4) is 11.5 Å². The van der Waals surface area contributed by atoms with Crippen LogP contribution in [-0.4, -0.2) is 37.1 Å². The van der Waals surface area contributed by atoms with Gasteiger partial charge in [0.05, 0.1) is 18.1 Å². The molecule has 2 rings (SSSR count). The van der Waals surface area contributed by atoms with Crippen molar-refractivity contribution in [1.82, 2.24) is 0 Å². The van der Waals surface area contributed by atoms with Gasteiger partial charge in [-0.1, -0.05) is 17.7 Å². The maximum absolute atomic E-state index is 12.0. The van der Waals surface area contributed by atoms with Crippen LogP contribution in [0.2, 0.25) is 0 Å². The molecular formula is C20H22N2O7. The fourth-order valence-corrected chi connectivity index (χ4v) is 2.79. The van der Waals surface area contributed by atoms with Crippen LogP contribution in [-0.2, 0) is 14.3 Å². The molecule has 0 aliphatic rings. The maximum Gasteiger partial charge on any atom is 0.344 e. The summed E-state index contributed by atoms with van der Waals surface area (Å²) in [5, 5.41) is 13.5.